The van der Waals surface area contributed by atoms with Crippen LogP contribution in [0.1, 0.15) is 79.0 Å². The molecule has 0 fully saturated rings. The van der Waals surface area contributed by atoms with Crippen molar-refractivity contribution in [2.45, 2.75) is 78.6 Å². The van der Waals surface area contributed by atoms with Gasteiger partial charge in [-0.2, -0.15) is 0 Å². The number of halogens is 6. The van der Waals surface area contributed by atoms with Crippen LogP contribution in [0.15, 0.2) is 146 Å². The molecule has 8 rings (SSSR count). The van der Waals surface area contributed by atoms with Crippen molar-refractivity contribution in [3.63, 3.8) is 0 Å². The topological polar surface area (TPSA) is 70.5 Å². The first kappa shape index (κ1) is 51.4. The SMILES string of the molecule is CC(C)(C)c1cc(-c2c(Cl)cccc2Cl)c(O)c(-n2cccc2)c1.CC(C)(C)c1cc(-c2c(Cl)cccc2Cl)cc(-n2cccc2)c1O.CC(C)(C)c1cc(O)cc(-c2c(Cl)cccc2Cl)c1. The largest absolute Gasteiger partial charge is 0.508 e. The van der Waals surface area contributed by atoms with Gasteiger partial charge in [0, 0.05) is 72.7 Å². The van der Waals surface area contributed by atoms with Crippen LogP contribution in [-0.2, 0) is 16.2 Å². The lowest BCUT2D eigenvalue weighted by Crippen LogP contribution is -2.13. The zero-order valence-electron chi connectivity index (χ0n) is 38.9. The van der Waals surface area contributed by atoms with E-state index in [0.29, 0.717) is 52.6 Å². The van der Waals surface area contributed by atoms with E-state index in [4.69, 9.17) is 69.6 Å². The molecule has 348 valence electrons. The molecule has 0 bridgehead atoms. The van der Waals surface area contributed by atoms with E-state index in [-0.39, 0.29) is 33.5 Å². The molecule has 3 N–H and O–H groups in total. The van der Waals surface area contributed by atoms with Crippen LogP contribution in [0, 0.1) is 0 Å². The maximum Gasteiger partial charge on any atom is 0.147 e. The summed E-state index contributed by atoms with van der Waals surface area (Å²) >= 11 is 38.0. The van der Waals surface area contributed by atoms with E-state index in [2.05, 4.69) is 62.3 Å². The molecule has 0 unspecified atom stereocenters. The summed E-state index contributed by atoms with van der Waals surface area (Å²) in [5, 5.41) is 35.0. The summed E-state index contributed by atoms with van der Waals surface area (Å²) in [4.78, 5) is 0. The van der Waals surface area contributed by atoms with E-state index >= 15 is 0 Å². The molecule has 8 aromatic rings. The van der Waals surface area contributed by atoms with Gasteiger partial charge in [0.1, 0.15) is 17.2 Å². The molecule has 0 aliphatic rings. The second-order valence-corrected chi connectivity index (χ2v) is 21.7. The third-order valence-electron chi connectivity index (χ3n) is 11.1. The van der Waals surface area contributed by atoms with Gasteiger partial charge in [-0.1, -0.05) is 156 Å². The summed E-state index contributed by atoms with van der Waals surface area (Å²) < 4.78 is 3.78. The number of nitrogens with zero attached hydrogens (tertiary/aromatic N) is 2. The number of rotatable bonds is 5. The summed E-state index contributed by atoms with van der Waals surface area (Å²) in [7, 11) is 0. The van der Waals surface area contributed by atoms with Crippen LogP contribution in [0.25, 0.3) is 44.8 Å². The molecule has 0 aliphatic heterocycles. The van der Waals surface area contributed by atoms with Crippen LogP contribution in [0.2, 0.25) is 30.1 Å². The molecule has 0 saturated heterocycles. The minimum atomic E-state index is -0.226. The van der Waals surface area contributed by atoms with E-state index < -0.39 is 0 Å². The molecule has 0 spiro atoms. The van der Waals surface area contributed by atoms with Crippen molar-refractivity contribution in [1.82, 2.24) is 9.13 Å². The van der Waals surface area contributed by atoms with Crippen LogP contribution in [-0.4, -0.2) is 24.5 Å². The van der Waals surface area contributed by atoms with Crippen LogP contribution in [0.3, 0.4) is 0 Å². The average Bonchev–Trinajstić information content (AvgIpc) is 3.97. The summed E-state index contributed by atoms with van der Waals surface area (Å²) in [6.07, 6.45) is 7.61. The Morgan fingerprint density at radius 3 is 1.15 bits per heavy atom. The normalized spacial score (nSPS) is 11.7. The van der Waals surface area contributed by atoms with Crippen molar-refractivity contribution < 1.29 is 15.3 Å². The van der Waals surface area contributed by atoms with Crippen LogP contribution in [0.4, 0.5) is 0 Å². The molecule has 5 nitrogen and oxygen atoms in total. The van der Waals surface area contributed by atoms with Crippen molar-refractivity contribution in [2.24, 2.45) is 0 Å². The third-order valence-corrected chi connectivity index (χ3v) is 13.0. The first-order valence-corrected chi connectivity index (χ1v) is 23.8. The fourth-order valence-electron chi connectivity index (χ4n) is 7.45. The van der Waals surface area contributed by atoms with Gasteiger partial charge in [-0.3, -0.25) is 0 Å². The van der Waals surface area contributed by atoms with Crippen molar-refractivity contribution >= 4 is 69.6 Å². The van der Waals surface area contributed by atoms with Crippen molar-refractivity contribution in [3.05, 3.63) is 193 Å². The first-order valence-electron chi connectivity index (χ1n) is 21.6. The number of aromatic hydroxyl groups is 3. The van der Waals surface area contributed by atoms with Gasteiger partial charge in [-0.05, 0) is 136 Å². The predicted molar refractivity (Wildman–Crippen MR) is 285 cm³/mol. The van der Waals surface area contributed by atoms with E-state index in [1.165, 1.54) is 0 Å². The fourth-order valence-corrected chi connectivity index (χ4v) is 9.29. The number of benzene rings is 6. The van der Waals surface area contributed by atoms with Crippen molar-refractivity contribution in [1.29, 1.82) is 0 Å². The molecule has 0 aliphatic carbocycles. The Balaban J connectivity index is 0.000000167. The van der Waals surface area contributed by atoms with Crippen LogP contribution >= 0.6 is 69.6 Å². The minimum Gasteiger partial charge on any atom is -0.508 e. The lowest BCUT2D eigenvalue weighted by atomic mass is 9.84. The molecular weight excluding hydrogens is 961 g/mol. The highest BCUT2D eigenvalue weighted by Gasteiger charge is 2.25. The lowest BCUT2D eigenvalue weighted by Gasteiger charge is -2.24. The van der Waals surface area contributed by atoms with E-state index in [9.17, 15) is 15.3 Å². The Labute approximate surface area is 424 Å². The Bertz CT molecular complexity index is 2920. The summed E-state index contributed by atoms with van der Waals surface area (Å²) in [5.74, 6) is 0.651. The van der Waals surface area contributed by atoms with Gasteiger partial charge in [0.2, 0.25) is 0 Å². The zero-order chi connectivity index (χ0) is 49.2. The molecule has 67 heavy (non-hydrogen) atoms. The van der Waals surface area contributed by atoms with Gasteiger partial charge in [-0.15, -0.1) is 0 Å². The van der Waals surface area contributed by atoms with Gasteiger partial charge >= 0.3 is 0 Å². The fraction of sp³-hybridized carbons (Fsp3) is 0.214. The highest BCUT2D eigenvalue weighted by Crippen LogP contribution is 2.46. The highest BCUT2D eigenvalue weighted by atomic mass is 35.5. The average molecular weight is 1020 g/mol. The van der Waals surface area contributed by atoms with Gasteiger partial charge in [0.15, 0.2) is 0 Å². The Kier molecular flexibility index (Phi) is 15.9. The second kappa shape index (κ2) is 20.7. The standard InChI is InChI=1S/2C20H19Cl2NO.C16H16Cl2O/c1-20(2,3)13-11-14(18-15(21)7-6-8-16(18)22)19(24)17(12-13)23-9-4-5-10-23;1-20(2,3)14-11-13(18-15(21)7-6-8-16(18)22)12-17(19(14)24)23-9-4-5-10-23;1-16(2,3)11-7-10(8-12(19)9-11)15-13(17)5-4-6-14(15)18/h2*4-12,24H,1-3H3;4-9,19H,1-3H3. The monoisotopic (exact) mass is 1010 g/mol. The number of hydrogen-bond acceptors (Lipinski definition) is 3. The Morgan fingerprint density at radius 1 is 0.373 bits per heavy atom. The van der Waals surface area contributed by atoms with E-state index in [1.807, 2.05) is 113 Å². The van der Waals surface area contributed by atoms with Crippen LogP contribution < -0.4 is 0 Å². The molecule has 2 heterocycles. The molecule has 2 aromatic heterocycles. The molecule has 0 radical (unpaired) electrons. The molecule has 0 amide bonds. The van der Waals surface area contributed by atoms with Crippen molar-refractivity contribution in [3.8, 4) is 62.0 Å². The number of aromatic nitrogens is 2. The van der Waals surface area contributed by atoms with E-state index in [0.717, 1.165) is 38.9 Å². The van der Waals surface area contributed by atoms with Gasteiger partial charge in [0.05, 0.1) is 21.4 Å². The van der Waals surface area contributed by atoms with Gasteiger partial charge in [0.25, 0.3) is 0 Å². The Hall–Kier alpha value is -4.98. The molecule has 0 atom stereocenters. The third kappa shape index (κ3) is 12.0. The smallest absolute Gasteiger partial charge is 0.147 e. The van der Waals surface area contributed by atoms with E-state index in [1.54, 1.807) is 42.5 Å². The summed E-state index contributed by atoms with van der Waals surface area (Å²) in [6, 6.07) is 37.2. The molecule has 11 heteroatoms. The predicted octanol–water partition coefficient (Wildman–Crippen LogP) is 18.6. The lowest BCUT2D eigenvalue weighted by molar-refractivity contribution is 0.444. The van der Waals surface area contributed by atoms with Gasteiger partial charge in [-0.25, -0.2) is 0 Å². The molecule has 6 aromatic carbocycles. The van der Waals surface area contributed by atoms with Gasteiger partial charge < -0.3 is 24.5 Å². The zero-order valence-corrected chi connectivity index (χ0v) is 43.4. The number of hydrogen-bond donors (Lipinski definition) is 3. The second-order valence-electron chi connectivity index (χ2n) is 19.3. The quantitative estimate of drug-likeness (QED) is 0.161. The maximum atomic E-state index is 10.9. The Morgan fingerprint density at radius 2 is 0.746 bits per heavy atom. The first-order chi connectivity index (χ1) is 31.4. The van der Waals surface area contributed by atoms with Crippen molar-refractivity contribution in [2.75, 3.05) is 0 Å². The molecule has 0 saturated carbocycles. The maximum absolute atomic E-state index is 10.9. The van der Waals surface area contributed by atoms with Crippen LogP contribution in [0.5, 0.6) is 17.2 Å². The molecular formula is C56H54Cl6N2O3. The number of phenols is 3. The summed E-state index contributed by atoms with van der Waals surface area (Å²) in [6.45, 7) is 18.9. The minimum absolute atomic E-state index is 0.0543. The summed E-state index contributed by atoms with van der Waals surface area (Å²) in [5.41, 5.74) is 8.57. The number of phenolic OH excluding ortho intramolecular Hbond substituents is 3. The highest BCUT2D eigenvalue weighted by molar-refractivity contribution is 6.40.